The van der Waals surface area contributed by atoms with Crippen LogP contribution in [0.25, 0.3) is 10.9 Å². The highest BCUT2D eigenvalue weighted by Crippen LogP contribution is 2.47. The van der Waals surface area contributed by atoms with Crippen LogP contribution in [-0.2, 0) is 50.5 Å². The molecule has 1 aromatic heterocycles. The zero-order valence-electron chi connectivity index (χ0n) is 22.5. The van der Waals surface area contributed by atoms with Crippen LogP contribution >= 0.6 is 0 Å². The van der Waals surface area contributed by atoms with Gasteiger partial charge in [-0.1, -0.05) is 18.2 Å². The number of benzene rings is 2. The molecule has 7 rings (SSSR count). The molecule has 0 atom stereocenters. The predicted octanol–water partition coefficient (Wildman–Crippen LogP) is 1.42. The number of H-pyrrole nitrogens is 1. The molecule has 5 heterocycles. The van der Waals surface area contributed by atoms with Crippen LogP contribution in [0.1, 0.15) is 11.1 Å². The highest BCUT2D eigenvalue weighted by atomic mass is 19.1. The number of piperazine rings is 1. The Kier molecular flexibility index (Phi) is 6.25. The van der Waals surface area contributed by atoms with E-state index in [-0.39, 0.29) is 18.9 Å². The first-order valence-electron chi connectivity index (χ1n) is 13.5. The maximum atomic E-state index is 13.7. The quantitative estimate of drug-likeness (QED) is 0.441. The number of anilines is 1. The van der Waals surface area contributed by atoms with E-state index in [4.69, 9.17) is 18.9 Å². The summed E-state index contributed by atoms with van der Waals surface area (Å²) in [5.41, 5.74) is 1.35. The molecule has 43 heavy (non-hydrogen) atoms. The molecule has 220 valence electrons. The number of nitrogens with one attached hydrogen (secondary N) is 1. The second-order valence-corrected chi connectivity index (χ2v) is 10.4. The zero-order chi connectivity index (χ0) is 29.8. The topological polar surface area (TPSA) is 144 Å². The Morgan fingerprint density at radius 1 is 0.814 bits per heavy atom. The lowest BCUT2D eigenvalue weighted by Gasteiger charge is -2.53. The van der Waals surface area contributed by atoms with Crippen molar-refractivity contribution in [2.24, 2.45) is 0 Å². The number of hydrogen-bond donors (Lipinski definition) is 1. The molecule has 4 aliphatic rings. The van der Waals surface area contributed by atoms with E-state index in [0.29, 0.717) is 48.6 Å². The van der Waals surface area contributed by atoms with Gasteiger partial charge in [0.15, 0.2) is 5.82 Å². The minimum absolute atomic E-state index is 0.115. The molecule has 2 aromatic carbocycles. The largest absolute Gasteiger partial charge is 0.404 e. The number of nitrogens with zero attached hydrogens (tertiary/aromatic N) is 4. The third kappa shape index (κ3) is 4.60. The summed E-state index contributed by atoms with van der Waals surface area (Å²) in [6, 6.07) is 11.1. The van der Waals surface area contributed by atoms with Gasteiger partial charge < -0.3 is 23.8 Å². The van der Waals surface area contributed by atoms with E-state index < -0.39 is 35.7 Å². The van der Waals surface area contributed by atoms with E-state index in [0.717, 1.165) is 29.7 Å². The van der Waals surface area contributed by atoms with Crippen LogP contribution in [0, 0.1) is 5.82 Å². The normalized spacial score (nSPS) is 21.7. The van der Waals surface area contributed by atoms with Gasteiger partial charge in [-0.3, -0.25) is 10.00 Å². The van der Waals surface area contributed by atoms with Crippen molar-refractivity contribution in [2.75, 3.05) is 37.7 Å². The first-order chi connectivity index (χ1) is 20.7. The van der Waals surface area contributed by atoms with Crippen LogP contribution in [0.3, 0.4) is 0 Å². The van der Waals surface area contributed by atoms with Crippen LogP contribution in [0.5, 0.6) is 0 Å². The average Bonchev–Trinajstić information content (AvgIpc) is 3.26. The molecule has 1 saturated heterocycles. The van der Waals surface area contributed by atoms with Gasteiger partial charge in [0.25, 0.3) is 0 Å². The van der Waals surface area contributed by atoms with Crippen molar-refractivity contribution >= 4 is 40.6 Å². The zero-order valence-corrected chi connectivity index (χ0v) is 22.5. The molecule has 0 saturated carbocycles. The first kappa shape index (κ1) is 26.8. The Balaban J connectivity index is 1.25. The average molecular weight is 590 g/mol. The number of aromatic amines is 1. The number of fused-ring (bicyclic) bond motifs is 3. The number of rotatable bonds is 3. The molecule has 0 radical (unpaired) electrons. The fourth-order valence-corrected chi connectivity index (χ4v) is 5.85. The van der Waals surface area contributed by atoms with Crippen LogP contribution < -0.4 is 4.90 Å². The Bertz CT molecular complexity index is 1690. The second kappa shape index (κ2) is 10.0. The number of aromatic nitrogens is 2. The van der Waals surface area contributed by atoms with Crippen LogP contribution in [0.15, 0.2) is 66.8 Å². The van der Waals surface area contributed by atoms with Gasteiger partial charge in [-0.25, -0.2) is 23.6 Å². The Morgan fingerprint density at radius 3 is 2.12 bits per heavy atom. The summed E-state index contributed by atoms with van der Waals surface area (Å²) in [5.74, 6) is -7.62. The van der Waals surface area contributed by atoms with Gasteiger partial charge in [-0.2, -0.15) is 5.10 Å². The van der Waals surface area contributed by atoms with Crippen molar-refractivity contribution in [1.29, 1.82) is 0 Å². The lowest BCUT2D eigenvalue weighted by atomic mass is 9.93. The number of ether oxygens (including phenoxy) is 4. The van der Waals surface area contributed by atoms with Gasteiger partial charge in [0.05, 0.1) is 24.2 Å². The highest BCUT2D eigenvalue weighted by Gasteiger charge is 2.65. The standard InChI is InChI=1S/C29H24FN5O8/c30-19-5-6-20-22(15-19)31-32-27(20)34-13-11-33(12-14-34)17-35-28(40-23(36)7-8-24(37)41-28)16-18-3-1-2-4-21(18)29(35)42-25(38)9-10-26(39)43-29/h1-10,15H,11-14,16-17H2,(H,31,32). The fourth-order valence-electron chi connectivity index (χ4n) is 5.85. The number of halogens is 1. The fraction of sp³-hybridized carbons (Fsp3) is 0.276. The molecule has 4 aliphatic heterocycles. The van der Waals surface area contributed by atoms with Gasteiger partial charge in [0.2, 0.25) is 0 Å². The molecule has 0 bridgehead atoms. The third-order valence-electron chi connectivity index (χ3n) is 7.77. The van der Waals surface area contributed by atoms with Gasteiger partial charge in [-0.05, 0) is 29.8 Å². The molecular formula is C29H24FN5O8. The molecule has 1 N–H and O–H groups in total. The van der Waals surface area contributed by atoms with Crippen molar-refractivity contribution in [1.82, 2.24) is 20.0 Å². The van der Waals surface area contributed by atoms with Crippen molar-refractivity contribution in [2.45, 2.75) is 18.2 Å². The van der Waals surface area contributed by atoms with Crippen molar-refractivity contribution in [3.05, 3.63) is 83.7 Å². The summed E-state index contributed by atoms with van der Waals surface area (Å²) in [6.45, 7) is 1.73. The number of esters is 4. The first-order valence-corrected chi connectivity index (χ1v) is 13.5. The second-order valence-electron chi connectivity index (χ2n) is 10.4. The number of carbonyl (C=O) groups is 4. The number of hydrogen-bond acceptors (Lipinski definition) is 12. The summed E-state index contributed by atoms with van der Waals surface area (Å²) in [4.78, 5) is 56.6. The minimum atomic E-state index is -2.25. The highest BCUT2D eigenvalue weighted by molar-refractivity contribution is 5.94. The van der Waals surface area contributed by atoms with Crippen molar-refractivity contribution < 1.29 is 42.5 Å². The lowest BCUT2D eigenvalue weighted by Crippen LogP contribution is -2.70. The predicted molar refractivity (Wildman–Crippen MR) is 144 cm³/mol. The van der Waals surface area contributed by atoms with E-state index in [1.54, 1.807) is 30.3 Å². The van der Waals surface area contributed by atoms with Crippen molar-refractivity contribution in [3.8, 4) is 0 Å². The van der Waals surface area contributed by atoms with Crippen LogP contribution in [0.4, 0.5) is 10.2 Å². The van der Waals surface area contributed by atoms with Gasteiger partial charge in [0.1, 0.15) is 5.82 Å². The molecule has 13 nitrogen and oxygen atoms in total. The molecule has 0 unspecified atom stereocenters. The third-order valence-corrected chi connectivity index (χ3v) is 7.77. The van der Waals surface area contributed by atoms with Crippen LogP contribution in [0.2, 0.25) is 0 Å². The smallest absolute Gasteiger partial charge is 0.356 e. The maximum Gasteiger partial charge on any atom is 0.356 e. The summed E-state index contributed by atoms with van der Waals surface area (Å²) in [6.07, 6.45) is 3.61. The maximum absolute atomic E-state index is 13.7. The molecule has 0 aliphatic carbocycles. The molecule has 3 aromatic rings. The summed E-state index contributed by atoms with van der Waals surface area (Å²) < 4.78 is 36.9. The molecule has 2 spiro atoms. The lowest BCUT2D eigenvalue weighted by molar-refractivity contribution is -0.402. The van der Waals surface area contributed by atoms with Gasteiger partial charge in [-0.15, -0.1) is 4.90 Å². The Hall–Kier alpha value is -5.08. The van der Waals surface area contributed by atoms with E-state index in [1.165, 1.54) is 17.0 Å². The van der Waals surface area contributed by atoms with E-state index in [2.05, 4.69) is 10.2 Å². The van der Waals surface area contributed by atoms with E-state index in [1.807, 2.05) is 9.80 Å². The Morgan fingerprint density at radius 2 is 1.44 bits per heavy atom. The monoisotopic (exact) mass is 589 g/mol. The summed E-state index contributed by atoms with van der Waals surface area (Å²) in [7, 11) is 0. The minimum Gasteiger partial charge on any atom is -0.404 e. The van der Waals surface area contributed by atoms with E-state index in [9.17, 15) is 23.6 Å². The molecular weight excluding hydrogens is 565 g/mol. The van der Waals surface area contributed by atoms with Gasteiger partial charge >= 0.3 is 35.7 Å². The summed E-state index contributed by atoms with van der Waals surface area (Å²) in [5, 5.41) is 8.01. The summed E-state index contributed by atoms with van der Waals surface area (Å²) >= 11 is 0. The Labute approximate surface area is 243 Å². The molecule has 1 fully saturated rings. The number of carbonyl (C=O) groups excluding carboxylic acids is 4. The molecule has 0 amide bonds. The SMILES string of the molecule is O=C1C=CC(=O)OC2(Cc3ccccc3C3(OC(=O)C=CC(=O)O3)N2CN2CCN(c3n[nH]c4cc(F)ccc34)CC2)O1. The van der Waals surface area contributed by atoms with Crippen LogP contribution in [-0.4, -0.2) is 82.6 Å². The van der Waals surface area contributed by atoms with Gasteiger partial charge in [0, 0.05) is 55.9 Å². The van der Waals surface area contributed by atoms with Crippen molar-refractivity contribution in [3.63, 3.8) is 0 Å². The van der Waals surface area contributed by atoms with E-state index >= 15 is 0 Å². The molecule has 14 heteroatoms.